The molecule has 0 saturated heterocycles. The molecule has 152 valence electrons. The minimum Gasteiger partial charge on any atom is -0.465 e. The van der Waals surface area contributed by atoms with Gasteiger partial charge < -0.3 is 10.5 Å². The van der Waals surface area contributed by atoms with E-state index in [1.165, 1.54) is 18.4 Å². The summed E-state index contributed by atoms with van der Waals surface area (Å²) >= 11 is 3.07. The van der Waals surface area contributed by atoms with Gasteiger partial charge in [0.1, 0.15) is 4.83 Å². The number of nitrogen functional groups attached to an aromatic ring is 1. The maximum atomic E-state index is 11.6. The Morgan fingerprint density at radius 1 is 1.30 bits per heavy atom. The van der Waals surface area contributed by atoms with E-state index in [9.17, 15) is 4.79 Å². The van der Waals surface area contributed by atoms with Crippen molar-refractivity contribution in [3.05, 3.63) is 66.4 Å². The first kappa shape index (κ1) is 20.1. The fraction of sp³-hybridized carbons (Fsp3) is 0.143. The molecule has 7 nitrogen and oxygen atoms in total. The molecule has 4 aromatic rings. The number of hydrogen-bond acceptors (Lipinski definition) is 8. The van der Waals surface area contributed by atoms with E-state index < -0.39 is 0 Å². The number of carbonyl (C=O) groups is 1. The third-order valence-electron chi connectivity index (χ3n) is 4.48. The van der Waals surface area contributed by atoms with Crippen LogP contribution in [0, 0.1) is 0 Å². The van der Waals surface area contributed by atoms with Gasteiger partial charge in [-0.3, -0.25) is 4.57 Å². The molecule has 9 heteroatoms. The summed E-state index contributed by atoms with van der Waals surface area (Å²) in [6, 6.07) is 11.2. The van der Waals surface area contributed by atoms with Gasteiger partial charge in [-0.1, -0.05) is 30.0 Å². The summed E-state index contributed by atoms with van der Waals surface area (Å²) in [7, 11) is 1.37. The molecule has 0 aliphatic heterocycles. The molecule has 2 N–H and O–H groups in total. The van der Waals surface area contributed by atoms with E-state index in [0.717, 1.165) is 25.8 Å². The molecule has 1 aromatic carbocycles. The Bertz CT molecular complexity index is 1210. The van der Waals surface area contributed by atoms with E-state index in [1.807, 2.05) is 34.9 Å². The summed E-state index contributed by atoms with van der Waals surface area (Å²) in [6.45, 7) is 4.42. The number of pyridine rings is 1. The van der Waals surface area contributed by atoms with Crippen molar-refractivity contribution in [2.45, 2.75) is 17.5 Å². The van der Waals surface area contributed by atoms with Crippen LogP contribution in [0.1, 0.15) is 15.9 Å². The number of fused-ring (bicyclic) bond motifs is 1. The van der Waals surface area contributed by atoms with Gasteiger partial charge in [0.15, 0.2) is 11.0 Å². The molecule has 3 aromatic heterocycles. The second kappa shape index (κ2) is 8.68. The highest BCUT2D eigenvalue weighted by Crippen LogP contribution is 2.40. The van der Waals surface area contributed by atoms with E-state index in [1.54, 1.807) is 30.1 Å². The van der Waals surface area contributed by atoms with Gasteiger partial charge in [0.05, 0.1) is 23.2 Å². The molecule has 0 saturated carbocycles. The number of methoxy groups -OCH3 is 1. The molecular formula is C21H19N5O2S2. The van der Waals surface area contributed by atoms with Gasteiger partial charge in [0, 0.05) is 23.9 Å². The number of ether oxygens (including phenoxy) is 1. The monoisotopic (exact) mass is 437 g/mol. The zero-order valence-corrected chi connectivity index (χ0v) is 17.9. The Morgan fingerprint density at radius 3 is 2.80 bits per heavy atom. The summed E-state index contributed by atoms with van der Waals surface area (Å²) in [6.07, 6.45) is 3.56. The number of thiophene rings is 1. The van der Waals surface area contributed by atoms with Gasteiger partial charge in [-0.05, 0) is 29.8 Å². The standard InChI is InChI=1S/C21H19N5O2S2/c1-3-11-26-18(17-16(22)15-5-4-10-23-19(15)30-17)24-25-21(26)29-12-13-6-8-14(9-7-13)20(27)28-2/h3-10H,1,11-12,22H2,2H3. The lowest BCUT2D eigenvalue weighted by molar-refractivity contribution is 0.0600. The zero-order chi connectivity index (χ0) is 21.1. The maximum absolute atomic E-state index is 11.6. The Hall–Kier alpha value is -3.17. The molecule has 0 fully saturated rings. The van der Waals surface area contributed by atoms with Gasteiger partial charge in [-0.25, -0.2) is 9.78 Å². The van der Waals surface area contributed by atoms with Crippen LogP contribution in [0.25, 0.3) is 20.9 Å². The first-order valence-corrected chi connectivity index (χ1v) is 10.9. The number of hydrogen-bond donors (Lipinski definition) is 1. The van der Waals surface area contributed by atoms with Crippen molar-refractivity contribution in [2.75, 3.05) is 12.8 Å². The Morgan fingerprint density at radius 2 is 2.10 bits per heavy atom. The largest absolute Gasteiger partial charge is 0.465 e. The number of anilines is 1. The van der Waals surface area contributed by atoms with Gasteiger partial charge in [0.25, 0.3) is 0 Å². The molecule has 0 unspecified atom stereocenters. The number of esters is 1. The van der Waals surface area contributed by atoms with Crippen LogP contribution in [0.2, 0.25) is 0 Å². The molecular weight excluding hydrogens is 418 g/mol. The summed E-state index contributed by atoms with van der Waals surface area (Å²) in [4.78, 5) is 17.7. The van der Waals surface area contributed by atoms with Crippen molar-refractivity contribution >= 4 is 45.0 Å². The van der Waals surface area contributed by atoms with Crippen molar-refractivity contribution in [1.82, 2.24) is 19.7 Å². The number of nitrogens with two attached hydrogens (primary N) is 1. The van der Waals surface area contributed by atoms with Crippen molar-refractivity contribution in [2.24, 2.45) is 0 Å². The molecule has 30 heavy (non-hydrogen) atoms. The van der Waals surface area contributed by atoms with E-state index in [4.69, 9.17) is 10.5 Å². The Labute approximate surface area is 181 Å². The third kappa shape index (κ3) is 3.81. The number of aromatic nitrogens is 4. The number of carbonyl (C=O) groups excluding carboxylic acids is 1. The average molecular weight is 438 g/mol. The lowest BCUT2D eigenvalue weighted by atomic mass is 10.1. The molecule has 4 rings (SSSR count). The normalized spacial score (nSPS) is 11.0. The van der Waals surface area contributed by atoms with Gasteiger partial charge in [-0.15, -0.1) is 28.1 Å². The molecule has 3 heterocycles. The Balaban J connectivity index is 1.60. The van der Waals surface area contributed by atoms with Gasteiger partial charge in [0.2, 0.25) is 0 Å². The highest BCUT2D eigenvalue weighted by molar-refractivity contribution is 7.98. The number of allylic oxidation sites excluding steroid dienone is 1. The third-order valence-corrected chi connectivity index (χ3v) is 6.64. The van der Waals surface area contributed by atoms with Crippen molar-refractivity contribution in [3.63, 3.8) is 0 Å². The van der Waals surface area contributed by atoms with Crippen molar-refractivity contribution < 1.29 is 9.53 Å². The summed E-state index contributed by atoms with van der Waals surface area (Å²) in [5.74, 6) is 1.04. The smallest absolute Gasteiger partial charge is 0.337 e. The van der Waals surface area contributed by atoms with Crippen LogP contribution in [-0.4, -0.2) is 32.8 Å². The summed E-state index contributed by atoms with van der Waals surface area (Å²) in [5, 5.41) is 10.5. The zero-order valence-electron chi connectivity index (χ0n) is 16.2. The molecule has 0 spiro atoms. The number of nitrogens with zero attached hydrogens (tertiary/aromatic N) is 4. The van der Waals surface area contributed by atoms with E-state index >= 15 is 0 Å². The highest BCUT2D eigenvalue weighted by atomic mass is 32.2. The van der Waals surface area contributed by atoms with Crippen LogP contribution in [-0.2, 0) is 17.0 Å². The minimum atomic E-state index is -0.347. The number of rotatable bonds is 7. The van der Waals surface area contributed by atoms with Crippen molar-refractivity contribution in [3.8, 4) is 10.7 Å². The van der Waals surface area contributed by atoms with Crippen LogP contribution < -0.4 is 5.73 Å². The van der Waals surface area contributed by atoms with Crippen LogP contribution in [0.3, 0.4) is 0 Å². The van der Waals surface area contributed by atoms with E-state index in [0.29, 0.717) is 29.4 Å². The Kier molecular flexibility index (Phi) is 5.82. The number of benzene rings is 1. The van der Waals surface area contributed by atoms with Crippen molar-refractivity contribution in [1.29, 1.82) is 0 Å². The molecule has 0 radical (unpaired) electrons. The van der Waals surface area contributed by atoms with Gasteiger partial charge in [-0.2, -0.15) is 0 Å². The molecule has 0 atom stereocenters. The summed E-state index contributed by atoms with van der Waals surface area (Å²) in [5.41, 5.74) is 8.63. The lowest BCUT2D eigenvalue weighted by Crippen LogP contribution is -2.02. The van der Waals surface area contributed by atoms with Gasteiger partial charge >= 0.3 is 5.97 Å². The molecule has 0 bridgehead atoms. The summed E-state index contributed by atoms with van der Waals surface area (Å²) < 4.78 is 6.74. The predicted molar refractivity (Wildman–Crippen MR) is 121 cm³/mol. The van der Waals surface area contributed by atoms with Crippen LogP contribution in [0.5, 0.6) is 0 Å². The first-order chi connectivity index (χ1) is 14.6. The van der Waals surface area contributed by atoms with E-state index in [-0.39, 0.29) is 5.97 Å². The first-order valence-electron chi connectivity index (χ1n) is 9.10. The fourth-order valence-corrected chi connectivity index (χ4v) is 4.94. The molecule has 0 aliphatic rings. The SMILES string of the molecule is C=CCn1c(SCc2ccc(C(=O)OC)cc2)nnc1-c1sc2ncccc2c1N. The predicted octanol–water partition coefficient (Wildman–Crippen LogP) is 4.40. The second-order valence-corrected chi connectivity index (χ2v) is 8.33. The number of thioether (sulfide) groups is 1. The lowest BCUT2D eigenvalue weighted by Gasteiger charge is -2.07. The second-order valence-electron chi connectivity index (χ2n) is 6.38. The van der Waals surface area contributed by atoms with Crippen LogP contribution in [0.4, 0.5) is 5.69 Å². The molecule has 0 amide bonds. The van der Waals surface area contributed by atoms with Crippen LogP contribution in [0.15, 0.2) is 60.4 Å². The highest BCUT2D eigenvalue weighted by Gasteiger charge is 2.20. The topological polar surface area (TPSA) is 95.9 Å². The van der Waals surface area contributed by atoms with Crippen LogP contribution >= 0.6 is 23.1 Å². The maximum Gasteiger partial charge on any atom is 0.337 e. The average Bonchev–Trinajstić information content (AvgIpc) is 3.33. The quantitative estimate of drug-likeness (QED) is 0.260. The fourth-order valence-electron chi connectivity index (χ4n) is 2.98. The van der Waals surface area contributed by atoms with E-state index in [2.05, 4.69) is 21.8 Å². The molecule has 0 aliphatic carbocycles. The minimum absolute atomic E-state index is 0.347.